The second kappa shape index (κ2) is 45.2. The number of ether oxygens (including phenoxy) is 19. The maximum atomic E-state index is 13.3. The van der Waals surface area contributed by atoms with E-state index in [1.807, 2.05) is 0 Å². The lowest BCUT2D eigenvalue weighted by atomic mass is 9.93. The lowest BCUT2D eigenvalue weighted by Crippen LogP contribution is -2.71. The van der Waals surface area contributed by atoms with Gasteiger partial charge in [-0.3, -0.25) is 9.59 Å². The molecule has 0 aromatic carbocycles. The third kappa shape index (κ3) is 24.8. The first-order valence-corrected chi connectivity index (χ1v) is 34.6. The molecule has 0 spiro atoms. The van der Waals surface area contributed by atoms with Crippen LogP contribution in [0.4, 0.5) is 0 Å². The normalized spacial score (nSPS) is 38.3. The van der Waals surface area contributed by atoms with Gasteiger partial charge >= 0.3 is 0 Å². The Kier molecular flexibility index (Phi) is 38.2. The van der Waals surface area contributed by atoms with Crippen LogP contribution in [0.25, 0.3) is 0 Å². The number of hydrogen-bond acceptors (Lipinski definition) is 41. The van der Waals surface area contributed by atoms with Crippen molar-refractivity contribution in [1.29, 1.82) is 0 Å². The molecule has 44 nitrogen and oxygen atoms in total. The van der Waals surface area contributed by atoms with Gasteiger partial charge in [0, 0.05) is 20.4 Å². The Morgan fingerprint density at radius 3 is 1.32 bits per heavy atom. The number of hydrogen-bond donors (Lipinski definition) is 19. The molecule has 105 heavy (non-hydrogen) atoms. The predicted octanol–water partition coefficient (Wildman–Crippen LogP) is -13.2. The van der Waals surface area contributed by atoms with Gasteiger partial charge in [0.1, 0.15) is 146 Å². The second-order valence-electron chi connectivity index (χ2n) is 25.3. The molecule has 7 rings (SSSR count). The lowest BCUT2D eigenvalue weighted by Gasteiger charge is -2.52. The topological polar surface area (TPSA) is 625 Å². The molecule has 6 aliphatic rings. The summed E-state index contributed by atoms with van der Waals surface area (Å²) in [6.07, 6.45) is -55.4. The van der Waals surface area contributed by atoms with Crippen LogP contribution in [0, 0.1) is 0 Å². The van der Waals surface area contributed by atoms with Gasteiger partial charge in [0.15, 0.2) is 37.7 Å². The third-order valence-corrected chi connectivity index (χ3v) is 17.8. The summed E-state index contributed by atoms with van der Waals surface area (Å²) in [6, 6.07) is -1.91. The van der Waals surface area contributed by atoms with Crippen LogP contribution in [0.2, 0.25) is 0 Å². The van der Waals surface area contributed by atoms with Crippen LogP contribution >= 0.6 is 0 Å². The molecule has 0 saturated carbocycles. The van der Waals surface area contributed by atoms with E-state index in [2.05, 4.69) is 15.6 Å². The second-order valence-corrected chi connectivity index (χ2v) is 25.3. The molecule has 1 aromatic heterocycles. The molecule has 6 saturated heterocycles. The fraction of sp³-hybridized carbons (Fsp3) is 0.934. The number of aromatic nitrogens is 3. The van der Waals surface area contributed by atoms with Gasteiger partial charge in [-0.2, -0.15) is 0 Å². The van der Waals surface area contributed by atoms with Crippen molar-refractivity contribution < 1.29 is 186 Å². The highest BCUT2D eigenvalue weighted by Gasteiger charge is 2.59. The van der Waals surface area contributed by atoms with Crippen LogP contribution in [0.5, 0.6) is 0 Å². The van der Waals surface area contributed by atoms with E-state index in [1.165, 1.54) is 17.8 Å². The Balaban J connectivity index is 0.934. The van der Waals surface area contributed by atoms with E-state index < -0.39 is 229 Å². The Labute approximate surface area is 602 Å². The molecule has 20 N–H and O–H groups in total. The lowest BCUT2D eigenvalue weighted by molar-refractivity contribution is -0.404. The Morgan fingerprint density at radius 2 is 0.829 bits per heavy atom. The van der Waals surface area contributed by atoms with Crippen LogP contribution in [-0.4, -0.2) is 448 Å². The SMILES string of the molecule is CC(=O)N[C@@H]1C(O[C@@H]2[C@H](O)C(O[C@H]3C(O)C(O)C(N(Cc4cn(CCOCCOCCOCCOCCOCCOCCOCCOCCN)nn4)C(C)=O)O[C@H]3CO)OC(CO)[C@@H]2O)OC(CO)[C@@H](O)[C@@H]1OC1OC(CO)[C@H](O)[C@H](OC2OC(CO)[C@H](O)[C@H](O)[C@@H]2O)[C@@H]1OC1OC(C)[C@@H](O)[C@H](O)[C@H]1O. The van der Waals surface area contributed by atoms with Crippen LogP contribution in [0.15, 0.2) is 6.20 Å². The number of rotatable bonds is 45. The zero-order valence-electron chi connectivity index (χ0n) is 58.4. The minimum Gasteiger partial charge on any atom is -0.394 e. The Bertz CT molecular complexity index is 2590. The number of carbonyl (C=O) groups excluding carboxylic acids is 2. The standard InChI is InChI=1S/C61H108N6O38/c1-29-39(75)44(80)48(84)58(95-29)105-55-54(104-59-49(85)45(81)40(76)33(24-68)98-59)43(79)36(27-71)100-61(55)102-52-38(63-30(2)73)57(97-34(25-69)41(52)77)103-53-42(78)35(26-70)99-60(50(53)86)101-51-37(28-72)96-56(47(83)46(51)82)67(31(3)74)23-32-22-66(65-64-32)5-7-88-9-11-90-13-15-92-17-19-94-21-20-93-18-16-91-14-12-89-10-8-87-6-4-62/h22,29,33-61,68-72,75-86H,4-21,23-28,62H2,1-3H3,(H,63,73)/t29?,33?,34?,35?,36?,37-,38-,39+,40-,41+,42-,43-,44-,45-,46?,47?,48+,49-,50-,51+,52+,53-,54-,55-,56?,57?,58?,59?,60?,61?/m0/s1. The van der Waals surface area contributed by atoms with Crippen molar-refractivity contribution in [3.8, 4) is 0 Å². The van der Waals surface area contributed by atoms with E-state index in [1.54, 1.807) is 0 Å². The first-order valence-electron chi connectivity index (χ1n) is 34.6. The fourth-order valence-corrected chi connectivity index (χ4v) is 12.0. The van der Waals surface area contributed by atoms with Crippen molar-refractivity contribution in [1.82, 2.24) is 25.2 Å². The van der Waals surface area contributed by atoms with Gasteiger partial charge in [-0.1, -0.05) is 5.21 Å². The number of nitrogens with zero attached hydrogens (tertiary/aromatic N) is 4. The summed E-state index contributed by atoms with van der Waals surface area (Å²) < 4.78 is 111. The number of nitrogens with two attached hydrogens (primary N) is 1. The average Bonchev–Trinajstić information content (AvgIpc) is 1.77. The number of carbonyl (C=O) groups is 2. The van der Waals surface area contributed by atoms with Crippen LogP contribution in [0.3, 0.4) is 0 Å². The van der Waals surface area contributed by atoms with Crippen molar-refractivity contribution in [3.63, 3.8) is 0 Å². The quantitative estimate of drug-likeness (QED) is 0.0270. The van der Waals surface area contributed by atoms with Crippen LogP contribution in [0.1, 0.15) is 26.5 Å². The molecule has 6 fully saturated rings. The average molecular weight is 1530 g/mol. The summed E-state index contributed by atoms with van der Waals surface area (Å²) in [5.41, 5.74) is 5.55. The summed E-state index contributed by atoms with van der Waals surface area (Å²) in [5, 5.41) is 199. The number of aliphatic hydroxyl groups excluding tert-OH is 17. The smallest absolute Gasteiger partial charge is 0.221 e. The van der Waals surface area contributed by atoms with Crippen LogP contribution in [-0.2, 0) is 113 Å². The van der Waals surface area contributed by atoms with Gasteiger partial charge in [0.05, 0.1) is 164 Å². The maximum absolute atomic E-state index is 13.3. The minimum atomic E-state index is -2.27. The van der Waals surface area contributed by atoms with E-state index in [0.717, 1.165) is 18.7 Å². The molecule has 44 heteroatoms. The van der Waals surface area contributed by atoms with E-state index in [0.29, 0.717) is 92.4 Å². The van der Waals surface area contributed by atoms with Gasteiger partial charge in [0.2, 0.25) is 11.8 Å². The molecule has 0 bridgehead atoms. The van der Waals surface area contributed by atoms with Crippen LogP contribution < -0.4 is 11.1 Å². The highest BCUT2D eigenvalue weighted by Crippen LogP contribution is 2.39. The molecule has 30 atom stereocenters. The van der Waals surface area contributed by atoms with Gasteiger partial charge in [0.25, 0.3) is 0 Å². The Morgan fingerprint density at radius 1 is 0.429 bits per heavy atom. The monoisotopic (exact) mass is 1530 g/mol. The molecule has 1 aromatic rings. The number of aliphatic hydroxyl groups is 17. The number of nitrogens with one attached hydrogen (secondary N) is 1. The molecule has 6 aliphatic heterocycles. The molecule has 7 heterocycles. The minimum absolute atomic E-state index is 0.185. The van der Waals surface area contributed by atoms with Crippen molar-refractivity contribution in [2.45, 2.75) is 218 Å². The van der Waals surface area contributed by atoms with Gasteiger partial charge in [-0.05, 0) is 6.92 Å². The Hall–Kier alpha value is -3.40. The molecule has 0 radical (unpaired) electrons. The maximum Gasteiger partial charge on any atom is 0.221 e. The first-order chi connectivity index (χ1) is 50.4. The van der Waals surface area contributed by atoms with Gasteiger partial charge in [-0.25, -0.2) is 4.68 Å². The van der Waals surface area contributed by atoms with Crippen molar-refractivity contribution in [2.75, 3.05) is 145 Å². The van der Waals surface area contributed by atoms with Gasteiger partial charge < -0.3 is 193 Å². The van der Waals surface area contributed by atoms with E-state index in [-0.39, 0.29) is 38.6 Å². The fourth-order valence-electron chi connectivity index (χ4n) is 12.0. The first kappa shape index (κ1) is 88.8. The van der Waals surface area contributed by atoms with Crippen molar-refractivity contribution in [3.05, 3.63) is 11.9 Å². The summed E-state index contributed by atoms with van der Waals surface area (Å²) in [5.74, 6) is -1.62. The summed E-state index contributed by atoms with van der Waals surface area (Å²) in [4.78, 5) is 27.4. The van der Waals surface area contributed by atoms with E-state index in [4.69, 9.17) is 95.7 Å². The summed E-state index contributed by atoms with van der Waals surface area (Å²) >= 11 is 0. The van der Waals surface area contributed by atoms with Crippen molar-refractivity contribution in [2.24, 2.45) is 5.73 Å². The molecular formula is C61H108N6O38. The number of amides is 2. The van der Waals surface area contributed by atoms with Gasteiger partial charge in [-0.15, -0.1) is 5.10 Å². The van der Waals surface area contributed by atoms with E-state index in [9.17, 15) is 96.4 Å². The largest absolute Gasteiger partial charge is 0.394 e. The summed E-state index contributed by atoms with van der Waals surface area (Å²) in [7, 11) is 0. The highest BCUT2D eigenvalue weighted by atomic mass is 16.8. The highest BCUT2D eigenvalue weighted by molar-refractivity contribution is 5.73. The zero-order valence-corrected chi connectivity index (χ0v) is 58.4. The zero-order chi connectivity index (χ0) is 76.4. The predicted molar refractivity (Wildman–Crippen MR) is 339 cm³/mol. The van der Waals surface area contributed by atoms with E-state index >= 15 is 0 Å². The third-order valence-electron chi connectivity index (χ3n) is 17.8. The summed E-state index contributed by atoms with van der Waals surface area (Å²) in [6.45, 7) is 4.71. The molecule has 2 amide bonds. The molecular weight excluding hydrogens is 1420 g/mol. The van der Waals surface area contributed by atoms with Crippen molar-refractivity contribution >= 4 is 11.8 Å². The molecule has 13 unspecified atom stereocenters. The molecule has 610 valence electrons. The molecule has 0 aliphatic carbocycles.